The summed E-state index contributed by atoms with van der Waals surface area (Å²) in [7, 11) is 0. The Labute approximate surface area is 133 Å². The van der Waals surface area contributed by atoms with Crippen LogP contribution in [0.1, 0.15) is 0 Å². The van der Waals surface area contributed by atoms with E-state index in [2.05, 4.69) is 4.98 Å². The van der Waals surface area contributed by atoms with Crippen LogP contribution in [0.25, 0.3) is 43.7 Å². The van der Waals surface area contributed by atoms with Gasteiger partial charge in [0, 0.05) is 22.2 Å². The third-order valence-corrected chi connectivity index (χ3v) is 4.33. The van der Waals surface area contributed by atoms with Crippen LogP contribution in [0.5, 0.6) is 0 Å². The number of pyridine rings is 1. The number of H-pyrrole nitrogens is 1. The average Bonchev–Trinajstić information content (AvgIpc) is 2.57. The summed E-state index contributed by atoms with van der Waals surface area (Å²) in [5.41, 5.74) is 1.59. The number of aromatic amines is 1. The number of nitrogens with one attached hydrogen (secondary N) is 1. The molecule has 0 bridgehead atoms. The lowest BCUT2D eigenvalue weighted by molar-refractivity contribution is 0.619. The molecule has 3 nitrogen and oxygen atoms in total. The molecule has 0 saturated carbocycles. The zero-order chi connectivity index (χ0) is 16.4. The van der Waals surface area contributed by atoms with Crippen molar-refractivity contribution in [3.63, 3.8) is 0 Å². The number of halogens is 2. The van der Waals surface area contributed by atoms with Crippen molar-refractivity contribution in [2.45, 2.75) is 0 Å². The minimum atomic E-state index is -0.806. The summed E-state index contributed by atoms with van der Waals surface area (Å²) in [5, 5.41) is 2.62. The first-order chi connectivity index (χ1) is 11.6. The molecule has 0 aliphatic heterocycles. The fraction of sp³-hybridized carbons (Fsp3) is 0. The maximum atomic E-state index is 13.8. The Kier molecular flexibility index (Phi) is 2.44. The second kappa shape index (κ2) is 4.41. The van der Waals surface area contributed by atoms with Gasteiger partial charge in [-0.25, -0.2) is 8.78 Å². The number of aromatic nitrogens is 1. The van der Waals surface area contributed by atoms with Gasteiger partial charge in [0.05, 0.1) is 11.0 Å². The van der Waals surface area contributed by atoms with Gasteiger partial charge in [-0.05, 0) is 35.7 Å². The molecule has 0 atom stereocenters. The van der Waals surface area contributed by atoms with E-state index in [0.717, 1.165) is 10.8 Å². The van der Waals surface area contributed by atoms with E-state index in [0.29, 0.717) is 33.0 Å². The van der Waals surface area contributed by atoms with E-state index in [1.807, 2.05) is 6.07 Å². The van der Waals surface area contributed by atoms with Gasteiger partial charge < -0.3 is 9.40 Å². The molecule has 0 aliphatic carbocycles. The Morgan fingerprint density at radius 3 is 2.62 bits per heavy atom. The third-order valence-electron chi connectivity index (χ3n) is 4.33. The van der Waals surface area contributed by atoms with Gasteiger partial charge in [0.15, 0.2) is 5.82 Å². The SMILES string of the molecule is O=c1cc2[nH]c3c4cc(F)ccc4oc4cccc(c2cc1F)c43. The van der Waals surface area contributed by atoms with Crippen molar-refractivity contribution in [3.8, 4) is 0 Å². The van der Waals surface area contributed by atoms with Gasteiger partial charge in [-0.15, -0.1) is 0 Å². The summed E-state index contributed by atoms with van der Waals surface area (Å²) in [4.78, 5) is 14.8. The summed E-state index contributed by atoms with van der Waals surface area (Å²) in [5.74, 6) is -1.19. The topological polar surface area (TPSA) is 46.0 Å². The number of benzene rings is 3. The predicted molar refractivity (Wildman–Crippen MR) is 89.3 cm³/mol. The molecule has 5 rings (SSSR count). The Balaban J connectivity index is 2.17. The molecule has 0 saturated heterocycles. The van der Waals surface area contributed by atoms with Gasteiger partial charge in [0.2, 0.25) is 5.43 Å². The van der Waals surface area contributed by atoms with Crippen molar-refractivity contribution in [3.05, 3.63) is 70.4 Å². The summed E-state index contributed by atoms with van der Waals surface area (Å²) >= 11 is 0. The molecular weight excluding hydrogens is 312 g/mol. The zero-order valence-corrected chi connectivity index (χ0v) is 12.2. The molecule has 0 unspecified atom stereocenters. The molecule has 5 heteroatoms. The molecule has 116 valence electrons. The largest absolute Gasteiger partial charge is 0.456 e. The lowest BCUT2D eigenvalue weighted by Gasteiger charge is -2.12. The molecule has 1 N–H and O–H groups in total. The summed E-state index contributed by atoms with van der Waals surface area (Å²) in [6.07, 6.45) is 0. The van der Waals surface area contributed by atoms with Crippen LogP contribution in [0, 0.1) is 11.6 Å². The first-order valence-corrected chi connectivity index (χ1v) is 7.38. The van der Waals surface area contributed by atoms with E-state index in [1.54, 1.807) is 18.2 Å². The van der Waals surface area contributed by atoms with Gasteiger partial charge in [0.1, 0.15) is 17.0 Å². The van der Waals surface area contributed by atoms with Crippen LogP contribution < -0.4 is 5.43 Å². The summed E-state index contributed by atoms with van der Waals surface area (Å²) < 4.78 is 33.3. The van der Waals surface area contributed by atoms with Crippen LogP contribution >= 0.6 is 0 Å². The minimum absolute atomic E-state index is 0.387. The molecule has 0 spiro atoms. The van der Waals surface area contributed by atoms with Crippen LogP contribution in [0.15, 0.2) is 57.7 Å². The van der Waals surface area contributed by atoms with Crippen molar-refractivity contribution in [1.82, 2.24) is 4.98 Å². The van der Waals surface area contributed by atoms with Crippen molar-refractivity contribution in [2.24, 2.45) is 0 Å². The van der Waals surface area contributed by atoms with Crippen LogP contribution in [-0.4, -0.2) is 4.98 Å². The second-order valence-electron chi connectivity index (χ2n) is 5.75. The van der Waals surface area contributed by atoms with Gasteiger partial charge in [-0.1, -0.05) is 12.1 Å². The number of hydrogen-bond acceptors (Lipinski definition) is 2. The minimum Gasteiger partial charge on any atom is -0.456 e. The zero-order valence-electron chi connectivity index (χ0n) is 12.2. The van der Waals surface area contributed by atoms with Gasteiger partial charge >= 0.3 is 0 Å². The summed E-state index contributed by atoms with van der Waals surface area (Å²) in [6.45, 7) is 0. The van der Waals surface area contributed by atoms with Crippen LogP contribution in [0.2, 0.25) is 0 Å². The first kappa shape index (κ1) is 13.2. The highest BCUT2D eigenvalue weighted by atomic mass is 19.1. The van der Waals surface area contributed by atoms with Crippen LogP contribution in [0.3, 0.4) is 0 Å². The van der Waals surface area contributed by atoms with E-state index < -0.39 is 11.2 Å². The maximum Gasteiger partial charge on any atom is 0.216 e. The molecule has 0 radical (unpaired) electrons. The third kappa shape index (κ3) is 1.66. The first-order valence-electron chi connectivity index (χ1n) is 7.38. The average molecular weight is 321 g/mol. The molecule has 0 amide bonds. The smallest absolute Gasteiger partial charge is 0.216 e. The molecule has 2 heterocycles. The van der Waals surface area contributed by atoms with Crippen molar-refractivity contribution in [1.29, 1.82) is 0 Å². The molecule has 2 aromatic heterocycles. The monoisotopic (exact) mass is 321 g/mol. The molecule has 5 aromatic rings. The molecule has 0 aliphatic rings. The van der Waals surface area contributed by atoms with E-state index in [1.165, 1.54) is 24.3 Å². The van der Waals surface area contributed by atoms with E-state index >= 15 is 0 Å². The van der Waals surface area contributed by atoms with Crippen LogP contribution in [0.4, 0.5) is 8.78 Å². The number of fused-ring (bicyclic) bond motifs is 4. The molecule has 0 fully saturated rings. The van der Waals surface area contributed by atoms with Gasteiger partial charge in [-0.2, -0.15) is 0 Å². The quantitative estimate of drug-likeness (QED) is 0.327. The Hall–Kier alpha value is -3.21. The fourth-order valence-corrected chi connectivity index (χ4v) is 3.28. The van der Waals surface area contributed by atoms with Crippen molar-refractivity contribution >= 4 is 43.7 Å². The van der Waals surface area contributed by atoms with Crippen molar-refractivity contribution in [2.75, 3.05) is 0 Å². The fourth-order valence-electron chi connectivity index (χ4n) is 3.28. The normalized spacial score (nSPS) is 11.9. The molecule has 24 heavy (non-hydrogen) atoms. The van der Waals surface area contributed by atoms with Crippen molar-refractivity contribution < 1.29 is 13.2 Å². The lowest BCUT2D eigenvalue weighted by Crippen LogP contribution is -2.04. The molecule has 3 aromatic carbocycles. The second-order valence-corrected chi connectivity index (χ2v) is 5.75. The van der Waals surface area contributed by atoms with E-state index in [4.69, 9.17) is 4.42 Å². The molecular formula is C19H9F2NO2. The maximum absolute atomic E-state index is 13.8. The van der Waals surface area contributed by atoms with Crippen LogP contribution in [-0.2, 0) is 0 Å². The van der Waals surface area contributed by atoms with E-state index in [-0.39, 0.29) is 5.82 Å². The predicted octanol–water partition coefficient (Wildman–Crippen LogP) is 4.86. The van der Waals surface area contributed by atoms with E-state index in [9.17, 15) is 13.6 Å². The summed E-state index contributed by atoms with van der Waals surface area (Å²) in [6, 6.07) is 12.2. The number of rotatable bonds is 0. The highest BCUT2D eigenvalue weighted by Crippen LogP contribution is 2.36. The Morgan fingerprint density at radius 1 is 0.875 bits per heavy atom. The van der Waals surface area contributed by atoms with Gasteiger partial charge in [-0.3, -0.25) is 4.79 Å². The Morgan fingerprint density at radius 2 is 1.75 bits per heavy atom. The number of hydrogen-bond donors (Lipinski definition) is 1. The highest BCUT2D eigenvalue weighted by Gasteiger charge is 2.14. The lowest BCUT2D eigenvalue weighted by atomic mass is 10.0. The Bertz CT molecular complexity index is 1350. The standard InChI is InChI=1S/C19H9F2NO2/c20-9-4-5-16-12(6-9)19-18-10(2-1-3-17(18)24-16)11-7-13(21)15(23)8-14(11)22-19/h1-8,22H. The highest BCUT2D eigenvalue weighted by molar-refractivity contribution is 6.22. The van der Waals surface area contributed by atoms with Gasteiger partial charge in [0.25, 0.3) is 0 Å².